The van der Waals surface area contributed by atoms with E-state index >= 15 is 0 Å². The predicted molar refractivity (Wildman–Crippen MR) is 59.6 cm³/mol. The molecule has 1 N–H and O–H groups in total. The smallest absolute Gasteiger partial charge is 0.412 e. The van der Waals surface area contributed by atoms with Crippen LogP contribution in [0.1, 0.15) is 20.8 Å². The van der Waals surface area contributed by atoms with Gasteiger partial charge < -0.3 is 4.74 Å². The van der Waals surface area contributed by atoms with Gasteiger partial charge in [0, 0.05) is 0 Å². The molecule has 0 atom stereocenters. The van der Waals surface area contributed by atoms with Crippen LogP contribution < -0.4 is 5.32 Å². The first-order valence-corrected chi connectivity index (χ1v) is 5.14. The lowest BCUT2D eigenvalue weighted by molar-refractivity contribution is 0.0636. The Morgan fingerprint density at radius 1 is 1.40 bits per heavy atom. The number of hydrogen-bond donors (Lipinski definition) is 1. The number of amides is 1. The molecule has 5 nitrogen and oxygen atoms in total. The molecule has 1 heterocycles. The molecule has 0 spiro atoms. The Hall–Kier alpha value is -1.17. The maximum absolute atomic E-state index is 11.3. The molecule has 1 aromatic rings. The first-order valence-electron chi connectivity index (χ1n) is 4.34. The highest BCUT2D eigenvalue weighted by Gasteiger charge is 2.16. The number of aromatic nitrogens is 2. The predicted octanol–water partition coefficient (Wildman–Crippen LogP) is 2.59. The maximum atomic E-state index is 11.3. The molecule has 0 aliphatic carbocycles. The van der Waals surface area contributed by atoms with E-state index in [1.54, 1.807) is 20.8 Å². The van der Waals surface area contributed by atoms with E-state index in [4.69, 9.17) is 4.74 Å². The molecule has 0 saturated carbocycles. The molecule has 0 unspecified atom stereocenters. The number of hydrogen-bond acceptors (Lipinski definition) is 4. The first-order chi connectivity index (χ1) is 6.87. The molecular formula is C9H12BrN3O2. The number of carbonyl (C=O) groups excluding carboxylic acids is 1. The van der Waals surface area contributed by atoms with E-state index in [9.17, 15) is 4.79 Å². The highest BCUT2D eigenvalue weighted by Crippen LogP contribution is 2.11. The van der Waals surface area contributed by atoms with Gasteiger partial charge in [0.25, 0.3) is 0 Å². The fourth-order valence-corrected chi connectivity index (χ4v) is 1.00. The van der Waals surface area contributed by atoms with Crippen molar-refractivity contribution in [3.63, 3.8) is 0 Å². The van der Waals surface area contributed by atoms with Crippen LogP contribution in [0.25, 0.3) is 0 Å². The molecule has 0 fully saturated rings. The molecule has 6 heteroatoms. The van der Waals surface area contributed by atoms with Crippen LogP contribution >= 0.6 is 15.9 Å². The van der Waals surface area contributed by atoms with Gasteiger partial charge >= 0.3 is 6.09 Å². The van der Waals surface area contributed by atoms with Gasteiger partial charge in [-0.25, -0.2) is 14.8 Å². The molecule has 0 aliphatic heterocycles. The van der Waals surface area contributed by atoms with Gasteiger partial charge in [0.15, 0.2) is 4.73 Å². The van der Waals surface area contributed by atoms with Crippen LogP contribution in [0.4, 0.5) is 10.5 Å². The van der Waals surface area contributed by atoms with Crippen molar-refractivity contribution >= 4 is 27.7 Å². The zero-order chi connectivity index (χ0) is 11.5. The summed E-state index contributed by atoms with van der Waals surface area (Å²) in [5, 5.41) is 2.52. The van der Waals surface area contributed by atoms with E-state index in [0.29, 0.717) is 10.4 Å². The lowest BCUT2D eigenvalue weighted by Gasteiger charge is -2.19. The molecule has 0 bridgehead atoms. The van der Waals surface area contributed by atoms with Gasteiger partial charge in [-0.3, -0.25) is 5.32 Å². The Kier molecular flexibility index (Phi) is 3.62. The highest BCUT2D eigenvalue weighted by molar-refractivity contribution is 9.10. The first kappa shape index (κ1) is 11.9. The number of halogens is 1. The molecule has 1 amide bonds. The Morgan fingerprint density at radius 3 is 2.40 bits per heavy atom. The Labute approximate surface area is 96.4 Å². The van der Waals surface area contributed by atoms with Crippen LogP contribution in [0.5, 0.6) is 0 Å². The molecule has 1 aromatic heterocycles. The third-order valence-corrected chi connectivity index (χ3v) is 1.68. The van der Waals surface area contributed by atoms with E-state index in [2.05, 4.69) is 31.2 Å². The molecule has 0 radical (unpaired) electrons. The average Bonchev–Trinajstić information content (AvgIpc) is 2.05. The van der Waals surface area contributed by atoms with Crippen LogP contribution in [0.3, 0.4) is 0 Å². The van der Waals surface area contributed by atoms with Gasteiger partial charge in [-0.1, -0.05) is 0 Å². The van der Waals surface area contributed by atoms with Crippen molar-refractivity contribution in [3.8, 4) is 0 Å². The van der Waals surface area contributed by atoms with Crippen LogP contribution in [0.15, 0.2) is 17.1 Å². The summed E-state index contributed by atoms with van der Waals surface area (Å²) in [5.74, 6) is 0. The lowest BCUT2D eigenvalue weighted by atomic mass is 10.2. The second-order valence-corrected chi connectivity index (χ2v) is 4.58. The Bertz CT molecular complexity index is 345. The SMILES string of the molecule is CC(C)(C)OC(=O)Nc1cnc(Br)nc1. The summed E-state index contributed by atoms with van der Waals surface area (Å²) in [7, 11) is 0. The summed E-state index contributed by atoms with van der Waals surface area (Å²) in [6, 6.07) is 0. The van der Waals surface area contributed by atoms with Gasteiger partial charge in [0.05, 0.1) is 18.1 Å². The van der Waals surface area contributed by atoms with Crippen LogP contribution in [-0.4, -0.2) is 21.7 Å². The molecule has 0 saturated heterocycles. The van der Waals surface area contributed by atoms with Crippen molar-refractivity contribution in [2.45, 2.75) is 26.4 Å². The summed E-state index contributed by atoms with van der Waals surface area (Å²) in [6.45, 7) is 5.39. The normalized spacial score (nSPS) is 10.9. The largest absolute Gasteiger partial charge is 0.444 e. The molecule has 82 valence electrons. The van der Waals surface area contributed by atoms with Gasteiger partial charge in [-0.15, -0.1) is 0 Å². The number of nitrogens with zero attached hydrogens (tertiary/aromatic N) is 2. The van der Waals surface area contributed by atoms with Crippen LogP contribution in [0.2, 0.25) is 0 Å². The third-order valence-electron chi connectivity index (χ3n) is 1.27. The molecule has 1 rings (SSSR count). The lowest BCUT2D eigenvalue weighted by Crippen LogP contribution is -2.27. The molecular weight excluding hydrogens is 262 g/mol. The van der Waals surface area contributed by atoms with E-state index in [1.165, 1.54) is 12.4 Å². The molecule has 15 heavy (non-hydrogen) atoms. The quantitative estimate of drug-likeness (QED) is 0.799. The topological polar surface area (TPSA) is 64.1 Å². The van der Waals surface area contributed by atoms with E-state index in [0.717, 1.165) is 0 Å². The third kappa shape index (κ3) is 4.73. The van der Waals surface area contributed by atoms with E-state index in [1.807, 2.05) is 0 Å². The van der Waals surface area contributed by atoms with E-state index in [-0.39, 0.29) is 0 Å². The van der Waals surface area contributed by atoms with Gasteiger partial charge in [0.2, 0.25) is 0 Å². The fraction of sp³-hybridized carbons (Fsp3) is 0.444. The minimum atomic E-state index is -0.520. The van der Waals surface area contributed by atoms with Gasteiger partial charge in [0.1, 0.15) is 5.60 Å². The van der Waals surface area contributed by atoms with Crippen LogP contribution in [-0.2, 0) is 4.74 Å². The zero-order valence-electron chi connectivity index (χ0n) is 8.74. The Balaban J connectivity index is 2.55. The molecule has 0 aromatic carbocycles. The minimum absolute atomic E-state index is 0.470. The van der Waals surface area contributed by atoms with Crippen molar-refractivity contribution < 1.29 is 9.53 Å². The van der Waals surface area contributed by atoms with Crippen molar-refractivity contribution in [1.29, 1.82) is 0 Å². The maximum Gasteiger partial charge on any atom is 0.412 e. The second kappa shape index (κ2) is 4.57. The van der Waals surface area contributed by atoms with Crippen molar-refractivity contribution in [1.82, 2.24) is 9.97 Å². The van der Waals surface area contributed by atoms with Crippen molar-refractivity contribution in [2.24, 2.45) is 0 Å². The highest BCUT2D eigenvalue weighted by atomic mass is 79.9. The van der Waals surface area contributed by atoms with Gasteiger partial charge in [-0.2, -0.15) is 0 Å². The summed E-state index contributed by atoms with van der Waals surface area (Å²) >= 11 is 3.09. The zero-order valence-corrected chi connectivity index (χ0v) is 10.3. The summed E-state index contributed by atoms with van der Waals surface area (Å²) < 4.78 is 5.52. The fourth-order valence-electron chi connectivity index (χ4n) is 0.798. The number of nitrogens with one attached hydrogen (secondary N) is 1. The molecule has 0 aliphatic rings. The standard InChI is InChI=1S/C9H12BrN3O2/c1-9(2,3)15-8(14)13-6-4-11-7(10)12-5-6/h4-5H,1-3H3,(H,13,14). The number of carbonyl (C=O) groups is 1. The monoisotopic (exact) mass is 273 g/mol. The summed E-state index contributed by atoms with van der Waals surface area (Å²) in [5.41, 5.74) is -0.0206. The second-order valence-electron chi connectivity index (χ2n) is 3.87. The van der Waals surface area contributed by atoms with Crippen molar-refractivity contribution in [3.05, 3.63) is 17.1 Å². The van der Waals surface area contributed by atoms with Gasteiger partial charge in [-0.05, 0) is 36.7 Å². The number of ether oxygens (including phenoxy) is 1. The minimum Gasteiger partial charge on any atom is -0.444 e. The summed E-state index contributed by atoms with van der Waals surface area (Å²) in [4.78, 5) is 19.0. The van der Waals surface area contributed by atoms with Crippen LogP contribution in [0, 0.1) is 0 Å². The number of anilines is 1. The summed E-state index contributed by atoms with van der Waals surface area (Å²) in [6.07, 6.45) is 2.45. The number of rotatable bonds is 1. The van der Waals surface area contributed by atoms with Crippen molar-refractivity contribution in [2.75, 3.05) is 5.32 Å². The average molecular weight is 274 g/mol. The van der Waals surface area contributed by atoms with E-state index < -0.39 is 11.7 Å². The Morgan fingerprint density at radius 2 is 1.93 bits per heavy atom.